The molecule has 1 aliphatic rings. The van der Waals surface area contributed by atoms with Gasteiger partial charge in [-0.1, -0.05) is 11.6 Å². The van der Waals surface area contributed by atoms with Gasteiger partial charge in [-0.25, -0.2) is 4.98 Å². The quantitative estimate of drug-likeness (QED) is 0.858. The number of amides is 1. The topological polar surface area (TPSA) is 56.7 Å². The molecule has 0 unspecified atom stereocenters. The summed E-state index contributed by atoms with van der Waals surface area (Å²) in [6.45, 7) is 4.07. The Balaban J connectivity index is 2.18. The average Bonchev–Trinajstić information content (AvgIpc) is 2.44. The van der Waals surface area contributed by atoms with Crippen molar-refractivity contribution in [2.75, 3.05) is 33.3 Å². The van der Waals surface area contributed by atoms with E-state index in [-0.39, 0.29) is 18.6 Å². The number of rotatable bonds is 4. The highest BCUT2D eigenvalue weighted by Crippen LogP contribution is 2.19. The normalized spacial score (nSPS) is 17.0. The number of piperidine rings is 1. The molecule has 0 bridgehead atoms. The van der Waals surface area contributed by atoms with Crippen LogP contribution in [0.2, 0.25) is 5.15 Å². The van der Waals surface area contributed by atoms with Crippen LogP contribution < -0.4 is 0 Å². The molecule has 2 rings (SSSR count). The summed E-state index contributed by atoms with van der Waals surface area (Å²) in [5, 5.41) is 9.61. The maximum atomic E-state index is 12.7. The van der Waals surface area contributed by atoms with Crippen LogP contribution in [0.1, 0.15) is 28.9 Å². The Morgan fingerprint density at radius 3 is 2.71 bits per heavy atom. The van der Waals surface area contributed by atoms with Crippen LogP contribution in [-0.2, 0) is 0 Å². The molecule has 2 heterocycles. The Morgan fingerprint density at radius 2 is 2.14 bits per heavy atom. The molecule has 0 spiro atoms. The second-order valence-electron chi connectivity index (χ2n) is 5.58. The summed E-state index contributed by atoms with van der Waals surface area (Å²) >= 11 is 5.94. The van der Waals surface area contributed by atoms with Crippen molar-refractivity contribution in [2.24, 2.45) is 0 Å². The van der Waals surface area contributed by atoms with Gasteiger partial charge in [-0.3, -0.25) is 4.79 Å². The van der Waals surface area contributed by atoms with Gasteiger partial charge < -0.3 is 14.9 Å². The molecule has 1 aromatic heterocycles. The monoisotopic (exact) mass is 311 g/mol. The molecule has 0 saturated carbocycles. The standard InChI is InChI=1S/C15H22ClN3O2/c1-11-9-12(10-14(16)17-11)15(21)19(7-8-20)13-3-5-18(2)6-4-13/h9-10,13,20H,3-8H2,1-2H3. The molecule has 0 aliphatic carbocycles. The molecular formula is C15H22ClN3O2. The predicted molar refractivity (Wildman–Crippen MR) is 82.6 cm³/mol. The van der Waals surface area contributed by atoms with Crippen molar-refractivity contribution in [1.29, 1.82) is 0 Å². The zero-order chi connectivity index (χ0) is 15.4. The third-order valence-corrected chi connectivity index (χ3v) is 4.09. The van der Waals surface area contributed by atoms with Crippen LogP contribution >= 0.6 is 11.6 Å². The fourth-order valence-electron chi connectivity index (χ4n) is 2.78. The first kappa shape index (κ1) is 16.2. The first-order valence-corrected chi connectivity index (χ1v) is 7.63. The molecule has 21 heavy (non-hydrogen) atoms. The molecule has 1 amide bonds. The van der Waals surface area contributed by atoms with Gasteiger partial charge in [0, 0.05) is 23.8 Å². The highest BCUT2D eigenvalue weighted by Gasteiger charge is 2.27. The number of aryl methyl sites for hydroxylation is 1. The van der Waals surface area contributed by atoms with E-state index in [9.17, 15) is 9.90 Å². The van der Waals surface area contributed by atoms with Crippen LogP contribution in [0.3, 0.4) is 0 Å². The lowest BCUT2D eigenvalue weighted by Gasteiger charge is -2.37. The van der Waals surface area contributed by atoms with Crippen molar-refractivity contribution in [3.05, 3.63) is 28.5 Å². The summed E-state index contributed by atoms with van der Waals surface area (Å²) in [6, 6.07) is 3.51. The SMILES string of the molecule is Cc1cc(C(=O)N(CCO)C2CCN(C)CC2)cc(Cl)n1. The first-order chi connectivity index (χ1) is 10.0. The first-order valence-electron chi connectivity index (χ1n) is 7.26. The third kappa shape index (κ3) is 4.15. The lowest BCUT2D eigenvalue weighted by Crippen LogP contribution is -2.47. The lowest BCUT2D eigenvalue weighted by atomic mass is 10.0. The Bertz CT molecular complexity index is 481. The van der Waals surface area contributed by atoms with Crippen LogP contribution in [0.25, 0.3) is 0 Å². The van der Waals surface area contributed by atoms with E-state index in [4.69, 9.17) is 11.6 Å². The van der Waals surface area contributed by atoms with E-state index in [1.54, 1.807) is 17.0 Å². The van der Waals surface area contributed by atoms with E-state index in [1.807, 2.05) is 6.92 Å². The van der Waals surface area contributed by atoms with Gasteiger partial charge in [0.05, 0.1) is 6.61 Å². The molecule has 1 aromatic rings. The van der Waals surface area contributed by atoms with Crippen molar-refractivity contribution in [3.8, 4) is 0 Å². The van der Waals surface area contributed by atoms with Crippen molar-refractivity contribution >= 4 is 17.5 Å². The number of halogens is 1. The predicted octanol–water partition coefficient (Wildman–Crippen LogP) is 1.57. The maximum Gasteiger partial charge on any atom is 0.254 e. The summed E-state index contributed by atoms with van der Waals surface area (Å²) in [6.07, 6.45) is 1.86. The second kappa shape index (κ2) is 7.20. The molecule has 116 valence electrons. The summed E-state index contributed by atoms with van der Waals surface area (Å²) in [7, 11) is 2.08. The van der Waals surface area contributed by atoms with E-state index in [2.05, 4.69) is 16.9 Å². The highest BCUT2D eigenvalue weighted by molar-refractivity contribution is 6.29. The number of aliphatic hydroxyl groups is 1. The van der Waals surface area contributed by atoms with E-state index >= 15 is 0 Å². The van der Waals surface area contributed by atoms with Crippen LogP contribution in [-0.4, -0.2) is 65.1 Å². The van der Waals surface area contributed by atoms with Gasteiger partial charge in [0.15, 0.2) is 0 Å². The Morgan fingerprint density at radius 1 is 1.48 bits per heavy atom. The fourth-order valence-corrected chi connectivity index (χ4v) is 3.03. The molecule has 1 N–H and O–H groups in total. The summed E-state index contributed by atoms with van der Waals surface area (Å²) < 4.78 is 0. The number of carbonyl (C=O) groups excluding carboxylic acids is 1. The van der Waals surface area contributed by atoms with Crippen molar-refractivity contribution in [2.45, 2.75) is 25.8 Å². The third-order valence-electron chi connectivity index (χ3n) is 3.90. The maximum absolute atomic E-state index is 12.7. The largest absolute Gasteiger partial charge is 0.395 e. The summed E-state index contributed by atoms with van der Waals surface area (Å²) in [5.74, 6) is -0.0778. The molecule has 1 saturated heterocycles. The lowest BCUT2D eigenvalue weighted by molar-refractivity contribution is 0.0539. The number of pyridine rings is 1. The van der Waals surface area contributed by atoms with Crippen molar-refractivity contribution < 1.29 is 9.90 Å². The second-order valence-corrected chi connectivity index (χ2v) is 5.96. The molecule has 1 aliphatic heterocycles. The van der Waals surface area contributed by atoms with E-state index in [1.165, 1.54) is 0 Å². The minimum atomic E-state index is -0.0778. The van der Waals surface area contributed by atoms with Crippen molar-refractivity contribution in [3.63, 3.8) is 0 Å². The van der Waals surface area contributed by atoms with E-state index in [0.29, 0.717) is 17.3 Å². The van der Waals surface area contributed by atoms with Gasteiger partial charge in [-0.2, -0.15) is 0 Å². The van der Waals surface area contributed by atoms with Gasteiger partial charge in [-0.05, 0) is 52.0 Å². The number of aromatic nitrogens is 1. The van der Waals surface area contributed by atoms with Crippen LogP contribution in [0.15, 0.2) is 12.1 Å². The van der Waals surface area contributed by atoms with Gasteiger partial charge in [0.1, 0.15) is 5.15 Å². The van der Waals surface area contributed by atoms with E-state index < -0.39 is 0 Å². The minimum Gasteiger partial charge on any atom is -0.395 e. The number of nitrogens with zero attached hydrogens (tertiary/aromatic N) is 3. The van der Waals surface area contributed by atoms with Gasteiger partial charge in [-0.15, -0.1) is 0 Å². The Hall–Kier alpha value is -1.17. The zero-order valence-corrected chi connectivity index (χ0v) is 13.3. The van der Waals surface area contributed by atoms with Gasteiger partial charge in [0.2, 0.25) is 0 Å². The molecule has 5 nitrogen and oxygen atoms in total. The molecule has 6 heteroatoms. The average molecular weight is 312 g/mol. The van der Waals surface area contributed by atoms with Gasteiger partial charge >= 0.3 is 0 Å². The zero-order valence-electron chi connectivity index (χ0n) is 12.5. The number of aliphatic hydroxyl groups excluding tert-OH is 1. The summed E-state index contributed by atoms with van der Waals surface area (Å²) in [4.78, 5) is 20.8. The number of carbonyl (C=O) groups is 1. The fraction of sp³-hybridized carbons (Fsp3) is 0.600. The van der Waals surface area contributed by atoms with Crippen LogP contribution in [0.5, 0.6) is 0 Å². The number of hydrogen-bond donors (Lipinski definition) is 1. The number of likely N-dealkylation sites (tertiary alicyclic amines) is 1. The van der Waals surface area contributed by atoms with Crippen LogP contribution in [0, 0.1) is 6.92 Å². The number of hydrogen-bond acceptors (Lipinski definition) is 4. The molecular weight excluding hydrogens is 290 g/mol. The summed E-state index contributed by atoms with van der Waals surface area (Å²) in [5.41, 5.74) is 1.26. The Kier molecular flexibility index (Phi) is 5.56. The molecule has 0 atom stereocenters. The Labute approximate surface area is 130 Å². The van der Waals surface area contributed by atoms with E-state index in [0.717, 1.165) is 31.6 Å². The van der Waals surface area contributed by atoms with Crippen molar-refractivity contribution in [1.82, 2.24) is 14.8 Å². The highest BCUT2D eigenvalue weighted by atomic mass is 35.5. The van der Waals surface area contributed by atoms with Crippen LogP contribution in [0.4, 0.5) is 0 Å². The minimum absolute atomic E-state index is 0.0319. The molecule has 0 aromatic carbocycles. The smallest absolute Gasteiger partial charge is 0.254 e. The molecule has 0 radical (unpaired) electrons. The molecule has 1 fully saturated rings. The van der Waals surface area contributed by atoms with Gasteiger partial charge in [0.25, 0.3) is 5.91 Å².